The Balaban J connectivity index is 1.26. The van der Waals surface area contributed by atoms with Crippen molar-refractivity contribution in [2.75, 3.05) is 19.9 Å². The molecule has 3 aromatic rings. The zero-order valence-corrected chi connectivity index (χ0v) is 17.8. The van der Waals surface area contributed by atoms with Crippen molar-refractivity contribution in [2.24, 2.45) is 0 Å². The lowest BCUT2D eigenvalue weighted by molar-refractivity contribution is 0.0909. The molecule has 1 amide bonds. The standard InChI is InChI=1S/C21H22ClN5O4/c1-13(23-21(28)16-3-2-8-29-16)20-25-24-19-4-5-26(6-7-27(19)20)11-14-9-17-18(10-15(14)22)31-12-30-17/h2-3,8-10,13H,4-7,11-12H2,1H3,(H,23,28)/t13-/m0/s1. The molecule has 0 spiro atoms. The van der Waals surface area contributed by atoms with Crippen LogP contribution in [-0.4, -0.2) is 45.5 Å². The molecule has 0 saturated heterocycles. The molecule has 5 rings (SSSR count). The summed E-state index contributed by atoms with van der Waals surface area (Å²) in [5, 5.41) is 12.3. The first-order chi connectivity index (χ1) is 15.1. The lowest BCUT2D eigenvalue weighted by atomic mass is 10.2. The molecule has 0 fully saturated rings. The average molecular weight is 444 g/mol. The van der Waals surface area contributed by atoms with Gasteiger partial charge in [-0.15, -0.1) is 10.2 Å². The number of hydrogen-bond donors (Lipinski definition) is 1. The Morgan fingerprint density at radius 2 is 2.06 bits per heavy atom. The second-order valence-electron chi connectivity index (χ2n) is 7.62. The van der Waals surface area contributed by atoms with E-state index in [2.05, 4.69) is 25.0 Å². The zero-order valence-electron chi connectivity index (χ0n) is 17.0. The maximum absolute atomic E-state index is 12.3. The molecule has 0 radical (unpaired) electrons. The number of nitrogens with zero attached hydrogens (tertiary/aromatic N) is 4. The van der Waals surface area contributed by atoms with Gasteiger partial charge in [0.1, 0.15) is 5.82 Å². The number of nitrogens with one attached hydrogen (secondary N) is 1. The predicted molar refractivity (Wildman–Crippen MR) is 111 cm³/mol. The van der Waals surface area contributed by atoms with E-state index >= 15 is 0 Å². The highest BCUT2D eigenvalue weighted by atomic mass is 35.5. The number of rotatable bonds is 5. The first-order valence-electron chi connectivity index (χ1n) is 10.1. The molecule has 2 aliphatic rings. The van der Waals surface area contributed by atoms with Crippen molar-refractivity contribution in [1.82, 2.24) is 25.0 Å². The van der Waals surface area contributed by atoms with Crippen LogP contribution in [0.2, 0.25) is 5.02 Å². The van der Waals surface area contributed by atoms with Gasteiger partial charge >= 0.3 is 0 Å². The number of hydrogen-bond acceptors (Lipinski definition) is 7. The highest BCUT2D eigenvalue weighted by Crippen LogP contribution is 2.37. The highest BCUT2D eigenvalue weighted by molar-refractivity contribution is 6.31. The van der Waals surface area contributed by atoms with Crippen molar-refractivity contribution in [3.05, 3.63) is 58.5 Å². The smallest absolute Gasteiger partial charge is 0.287 e. The minimum Gasteiger partial charge on any atom is -0.459 e. The summed E-state index contributed by atoms with van der Waals surface area (Å²) < 4.78 is 18.1. The van der Waals surface area contributed by atoms with Crippen LogP contribution in [0.4, 0.5) is 0 Å². The number of fused-ring (bicyclic) bond motifs is 2. The molecule has 1 aromatic carbocycles. The molecule has 10 heteroatoms. The van der Waals surface area contributed by atoms with Gasteiger partial charge in [-0.3, -0.25) is 9.69 Å². The first kappa shape index (κ1) is 19.9. The topological polar surface area (TPSA) is 94.7 Å². The molecule has 2 aliphatic heterocycles. The van der Waals surface area contributed by atoms with Crippen LogP contribution in [0.25, 0.3) is 0 Å². The molecule has 162 valence electrons. The number of furan rings is 1. The van der Waals surface area contributed by atoms with Gasteiger partial charge in [-0.25, -0.2) is 0 Å². The summed E-state index contributed by atoms with van der Waals surface area (Å²) in [4.78, 5) is 14.6. The van der Waals surface area contributed by atoms with Gasteiger partial charge in [-0.1, -0.05) is 11.6 Å². The molecule has 4 heterocycles. The molecule has 0 saturated carbocycles. The molecule has 2 aromatic heterocycles. The largest absolute Gasteiger partial charge is 0.459 e. The molecule has 1 atom stereocenters. The summed E-state index contributed by atoms with van der Waals surface area (Å²) in [6.45, 7) is 5.18. The SMILES string of the molecule is C[C@H](NC(=O)c1ccco1)c1nnc2n1CCN(Cc1cc3c(cc1Cl)OCO3)CC2. The van der Waals surface area contributed by atoms with Gasteiger partial charge in [-0.05, 0) is 30.7 Å². The number of ether oxygens (including phenoxy) is 2. The summed E-state index contributed by atoms with van der Waals surface area (Å²) >= 11 is 6.46. The fraction of sp³-hybridized carbons (Fsp3) is 0.381. The van der Waals surface area contributed by atoms with Crippen molar-refractivity contribution in [3.8, 4) is 11.5 Å². The summed E-state index contributed by atoms with van der Waals surface area (Å²) in [6, 6.07) is 6.78. The third-order valence-electron chi connectivity index (χ3n) is 5.56. The van der Waals surface area contributed by atoms with Crippen molar-refractivity contribution in [2.45, 2.75) is 32.5 Å². The quantitative estimate of drug-likeness (QED) is 0.647. The van der Waals surface area contributed by atoms with E-state index in [9.17, 15) is 4.79 Å². The van der Waals surface area contributed by atoms with E-state index in [1.807, 2.05) is 19.1 Å². The third kappa shape index (κ3) is 3.98. The van der Waals surface area contributed by atoms with Gasteiger partial charge in [0.25, 0.3) is 5.91 Å². The zero-order chi connectivity index (χ0) is 21.4. The molecule has 0 unspecified atom stereocenters. The predicted octanol–water partition coefficient (Wildman–Crippen LogP) is 2.80. The number of carbonyl (C=O) groups excluding carboxylic acids is 1. The number of halogens is 1. The van der Waals surface area contributed by atoms with Gasteiger partial charge in [0.05, 0.1) is 12.3 Å². The van der Waals surface area contributed by atoms with E-state index in [0.29, 0.717) is 17.3 Å². The number of amides is 1. The van der Waals surface area contributed by atoms with Gasteiger partial charge in [-0.2, -0.15) is 0 Å². The summed E-state index contributed by atoms with van der Waals surface area (Å²) in [6.07, 6.45) is 2.23. The van der Waals surface area contributed by atoms with Crippen LogP contribution in [0, 0.1) is 0 Å². The van der Waals surface area contributed by atoms with Crippen molar-refractivity contribution in [1.29, 1.82) is 0 Å². The minimum atomic E-state index is -0.297. The van der Waals surface area contributed by atoms with E-state index in [4.69, 9.17) is 25.5 Å². The monoisotopic (exact) mass is 443 g/mol. The van der Waals surface area contributed by atoms with Gasteiger partial charge in [0.15, 0.2) is 23.1 Å². The maximum atomic E-state index is 12.3. The fourth-order valence-electron chi connectivity index (χ4n) is 3.93. The van der Waals surface area contributed by atoms with Gasteiger partial charge in [0.2, 0.25) is 6.79 Å². The van der Waals surface area contributed by atoms with Crippen LogP contribution < -0.4 is 14.8 Å². The molecule has 31 heavy (non-hydrogen) atoms. The Morgan fingerprint density at radius 1 is 1.23 bits per heavy atom. The van der Waals surface area contributed by atoms with Crippen LogP contribution in [0.3, 0.4) is 0 Å². The van der Waals surface area contributed by atoms with Gasteiger partial charge < -0.3 is 23.8 Å². The lowest BCUT2D eigenvalue weighted by Gasteiger charge is -2.21. The summed E-state index contributed by atoms with van der Waals surface area (Å²) in [5.41, 5.74) is 1.00. The van der Waals surface area contributed by atoms with Crippen LogP contribution in [0.1, 0.15) is 40.7 Å². The fourth-order valence-corrected chi connectivity index (χ4v) is 4.14. The Labute approximate surface area is 183 Å². The number of carbonyl (C=O) groups is 1. The molecular formula is C21H22ClN5O4. The van der Waals surface area contributed by atoms with Crippen molar-refractivity contribution < 1.29 is 18.7 Å². The van der Waals surface area contributed by atoms with Crippen molar-refractivity contribution >= 4 is 17.5 Å². The number of benzene rings is 1. The first-order valence-corrected chi connectivity index (χ1v) is 10.5. The molecule has 9 nitrogen and oxygen atoms in total. The summed E-state index contributed by atoms with van der Waals surface area (Å²) in [7, 11) is 0. The van der Waals surface area contributed by atoms with Crippen molar-refractivity contribution in [3.63, 3.8) is 0 Å². The Bertz CT molecular complexity index is 1100. The molecule has 1 N–H and O–H groups in total. The van der Waals surface area contributed by atoms with Crippen LogP contribution in [-0.2, 0) is 19.5 Å². The molecule has 0 bridgehead atoms. The molecule has 0 aliphatic carbocycles. The molecular weight excluding hydrogens is 422 g/mol. The minimum absolute atomic E-state index is 0.227. The summed E-state index contributed by atoms with van der Waals surface area (Å²) in [5.74, 6) is 3.06. The number of aromatic nitrogens is 3. The van der Waals surface area contributed by atoms with Gasteiger partial charge in [0, 0.05) is 43.7 Å². The maximum Gasteiger partial charge on any atom is 0.287 e. The average Bonchev–Trinajstić information content (AvgIpc) is 3.49. The highest BCUT2D eigenvalue weighted by Gasteiger charge is 2.24. The Kier molecular flexibility index (Phi) is 5.29. The van der Waals surface area contributed by atoms with E-state index in [0.717, 1.165) is 49.0 Å². The third-order valence-corrected chi connectivity index (χ3v) is 5.91. The van der Waals surface area contributed by atoms with Crippen LogP contribution in [0.15, 0.2) is 34.9 Å². The van der Waals surface area contributed by atoms with E-state index in [1.165, 1.54) is 6.26 Å². The van der Waals surface area contributed by atoms with E-state index in [-0.39, 0.29) is 24.5 Å². The Morgan fingerprint density at radius 3 is 2.87 bits per heavy atom. The second kappa shape index (κ2) is 8.24. The van der Waals surface area contributed by atoms with E-state index < -0.39 is 0 Å². The van der Waals surface area contributed by atoms with Crippen LogP contribution in [0.5, 0.6) is 11.5 Å². The second-order valence-corrected chi connectivity index (χ2v) is 8.03. The Hall–Kier alpha value is -3.04. The van der Waals surface area contributed by atoms with E-state index in [1.54, 1.807) is 12.1 Å². The lowest BCUT2D eigenvalue weighted by Crippen LogP contribution is -2.30. The normalized spacial score (nSPS) is 16.6. The van der Waals surface area contributed by atoms with Crippen LogP contribution >= 0.6 is 11.6 Å².